The summed E-state index contributed by atoms with van der Waals surface area (Å²) < 4.78 is 39.6. The van der Waals surface area contributed by atoms with Gasteiger partial charge >= 0.3 is 0 Å². The second-order valence-electron chi connectivity index (χ2n) is 11.1. The van der Waals surface area contributed by atoms with Gasteiger partial charge in [-0.05, 0) is 93.7 Å². The van der Waals surface area contributed by atoms with Crippen molar-refractivity contribution in [1.82, 2.24) is 9.88 Å². The summed E-state index contributed by atoms with van der Waals surface area (Å²) in [5.41, 5.74) is 4.84. The molecule has 0 saturated carbocycles. The topological polar surface area (TPSA) is 65.5 Å². The van der Waals surface area contributed by atoms with Gasteiger partial charge in [-0.25, -0.2) is 17.8 Å². The smallest absolute Gasteiger partial charge is 0.159 e. The average Bonchev–Trinajstić information content (AvgIpc) is 2.83. The molecule has 0 amide bonds. The van der Waals surface area contributed by atoms with Gasteiger partial charge < -0.3 is 15.1 Å². The number of halogens is 2. The third kappa shape index (κ3) is 6.65. The van der Waals surface area contributed by atoms with Crippen LogP contribution in [0, 0.1) is 12.7 Å². The Kier molecular flexibility index (Phi) is 8.35. The highest BCUT2D eigenvalue weighted by Crippen LogP contribution is 2.29. The zero-order chi connectivity index (χ0) is 27.7. The lowest BCUT2D eigenvalue weighted by molar-refractivity contribution is 0.311. The van der Waals surface area contributed by atoms with Crippen LogP contribution in [-0.4, -0.2) is 56.3 Å². The van der Waals surface area contributed by atoms with Crippen LogP contribution >= 0.6 is 11.6 Å². The first-order valence-corrected chi connectivity index (χ1v) is 14.8. The van der Waals surface area contributed by atoms with Crippen molar-refractivity contribution < 1.29 is 12.8 Å². The lowest BCUT2D eigenvalue weighted by Crippen LogP contribution is -2.44. The molecule has 1 N–H and O–H groups in total. The van der Waals surface area contributed by atoms with Crippen molar-refractivity contribution >= 4 is 38.6 Å². The number of aryl methyl sites for hydroxylation is 1. The molecule has 1 aliphatic rings. The number of pyridine rings is 1. The van der Waals surface area contributed by atoms with Crippen molar-refractivity contribution in [1.29, 1.82) is 0 Å². The molecular formula is C29H36ClFN4O2S. The molecule has 4 rings (SSSR count). The van der Waals surface area contributed by atoms with Gasteiger partial charge in [-0.1, -0.05) is 23.7 Å². The first kappa shape index (κ1) is 28.3. The Morgan fingerprint density at radius 1 is 1.03 bits per heavy atom. The fraction of sp³-hybridized carbons (Fsp3) is 0.414. The first-order chi connectivity index (χ1) is 17.8. The van der Waals surface area contributed by atoms with E-state index in [1.807, 2.05) is 37.3 Å². The molecule has 3 aromatic rings. The SMILES string of the molecule is Cc1cnc(Nc2ccc(N3CCN(C)CC3)c(F)c2)cc1Cc1ccc(Cl)c(CS(=O)(=O)C(C)(C)C)c1. The number of piperazine rings is 1. The Morgan fingerprint density at radius 2 is 1.74 bits per heavy atom. The molecule has 38 heavy (non-hydrogen) atoms. The van der Waals surface area contributed by atoms with Crippen molar-refractivity contribution in [2.24, 2.45) is 0 Å². The molecule has 1 fully saturated rings. The number of anilines is 3. The monoisotopic (exact) mass is 558 g/mol. The lowest BCUT2D eigenvalue weighted by Gasteiger charge is -2.34. The maximum absolute atomic E-state index is 15.0. The fourth-order valence-corrected chi connectivity index (χ4v) is 5.70. The van der Waals surface area contributed by atoms with Crippen LogP contribution < -0.4 is 10.2 Å². The molecule has 1 aromatic heterocycles. The average molecular weight is 559 g/mol. The van der Waals surface area contributed by atoms with Gasteiger partial charge in [0.15, 0.2) is 9.84 Å². The van der Waals surface area contributed by atoms with E-state index in [1.165, 1.54) is 6.07 Å². The van der Waals surface area contributed by atoms with Crippen molar-refractivity contribution in [3.8, 4) is 0 Å². The number of hydrogen-bond acceptors (Lipinski definition) is 6. The van der Waals surface area contributed by atoms with E-state index in [9.17, 15) is 12.8 Å². The van der Waals surface area contributed by atoms with E-state index in [1.54, 1.807) is 33.0 Å². The van der Waals surface area contributed by atoms with Gasteiger partial charge in [0.2, 0.25) is 0 Å². The highest BCUT2D eigenvalue weighted by molar-refractivity contribution is 7.91. The van der Waals surface area contributed by atoms with Gasteiger partial charge in [0.05, 0.1) is 16.2 Å². The number of benzene rings is 2. The van der Waals surface area contributed by atoms with Gasteiger partial charge in [0.1, 0.15) is 11.6 Å². The Balaban J connectivity index is 1.51. The molecule has 9 heteroatoms. The van der Waals surface area contributed by atoms with Crippen LogP contribution in [-0.2, 0) is 22.0 Å². The van der Waals surface area contributed by atoms with Crippen molar-refractivity contribution in [2.75, 3.05) is 43.4 Å². The Labute approximate surface area is 230 Å². The molecule has 0 unspecified atom stereocenters. The molecule has 2 heterocycles. The maximum Gasteiger partial charge on any atom is 0.159 e. The number of sulfone groups is 1. The van der Waals surface area contributed by atoms with E-state index in [2.05, 4.69) is 27.1 Å². The minimum atomic E-state index is -3.37. The van der Waals surface area contributed by atoms with Gasteiger partial charge in [0.25, 0.3) is 0 Å². The van der Waals surface area contributed by atoms with Crippen LogP contribution in [0.15, 0.2) is 48.7 Å². The number of aromatic nitrogens is 1. The van der Waals surface area contributed by atoms with E-state index in [0.717, 1.165) is 42.9 Å². The van der Waals surface area contributed by atoms with E-state index in [0.29, 0.717) is 34.2 Å². The predicted octanol–water partition coefficient (Wildman–Crippen LogP) is 5.98. The minimum Gasteiger partial charge on any atom is -0.367 e. The molecule has 2 aromatic carbocycles. The van der Waals surface area contributed by atoms with Crippen molar-refractivity contribution in [2.45, 2.75) is 44.6 Å². The van der Waals surface area contributed by atoms with Gasteiger partial charge in [0, 0.05) is 43.1 Å². The molecule has 0 bridgehead atoms. The van der Waals surface area contributed by atoms with Crippen LogP contribution in [0.5, 0.6) is 0 Å². The summed E-state index contributed by atoms with van der Waals surface area (Å²) in [6.07, 6.45) is 2.37. The highest BCUT2D eigenvalue weighted by atomic mass is 35.5. The summed E-state index contributed by atoms with van der Waals surface area (Å²) in [5.74, 6) is 0.244. The van der Waals surface area contributed by atoms with E-state index >= 15 is 0 Å². The lowest BCUT2D eigenvalue weighted by atomic mass is 10.0. The Bertz CT molecular complexity index is 1410. The van der Waals surface area contributed by atoms with E-state index in [-0.39, 0.29) is 11.6 Å². The van der Waals surface area contributed by atoms with E-state index < -0.39 is 14.6 Å². The number of nitrogens with zero attached hydrogens (tertiary/aromatic N) is 3. The van der Waals surface area contributed by atoms with Crippen molar-refractivity contribution in [3.05, 3.63) is 81.8 Å². The van der Waals surface area contributed by atoms with Gasteiger partial charge in [-0.15, -0.1) is 0 Å². The summed E-state index contributed by atoms with van der Waals surface area (Å²) >= 11 is 6.36. The molecule has 6 nitrogen and oxygen atoms in total. The number of nitrogens with one attached hydrogen (secondary N) is 1. The summed E-state index contributed by atoms with van der Waals surface area (Å²) in [5, 5.41) is 3.67. The summed E-state index contributed by atoms with van der Waals surface area (Å²) in [6.45, 7) is 10.5. The third-order valence-corrected chi connectivity index (χ3v) is 9.99. The van der Waals surface area contributed by atoms with Crippen LogP contribution in [0.3, 0.4) is 0 Å². The zero-order valence-electron chi connectivity index (χ0n) is 22.7. The second kappa shape index (κ2) is 11.2. The van der Waals surface area contributed by atoms with Crippen LogP contribution in [0.4, 0.5) is 21.6 Å². The van der Waals surface area contributed by atoms with Crippen molar-refractivity contribution in [3.63, 3.8) is 0 Å². The predicted molar refractivity (Wildman–Crippen MR) is 155 cm³/mol. The fourth-order valence-electron chi connectivity index (χ4n) is 4.35. The first-order valence-electron chi connectivity index (χ1n) is 12.8. The number of likely N-dealkylation sites (N-methyl/N-ethyl adjacent to an activating group) is 1. The molecule has 1 aliphatic heterocycles. The Morgan fingerprint density at radius 3 is 2.39 bits per heavy atom. The van der Waals surface area contributed by atoms with Gasteiger partial charge in [-0.2, -0.15) is 0 Å². The summed E-state index contributed by atoms with van der Waals surface area (Å²) in [4.78, 5) is 8.80. The quantitative estimate of drug-likeness (QED) is 0.385. The van der Waals surface area contributed by atoms with Gasteiger partial charge in [-0.3, -0.25) is 0 Å². The number of hydrogen-bond donors (Lipinski definition) is 1. The molecule has 0 atom stereocenters. The molecule has 204 valence electrons. The standard InChI is InChI=1S/C29H36ClFN4O2S/c1-20-18-32-28(33-24-7-9-27(26(31)17-24)35-12-10-34(5)11-13-35)16-22(20)14-21-6-8-25(30)23(15-21)19-38(36,37)29(2,3)4/h6-9,15-18H,10-14,19H2,1-5H3,(H,32,33). The van der Waals surface area contributed by atoms with Crippen LogP contribution in [0.25, 0.3) is 0 Å². The molecular weight excluding hydrogens is 523 g/mol. The Hall–Kier alpha value is -2.68. The second-order valence-corrected chi connectivity index (χ2v) is 14.2. The summed E-state index contributed by atoms with van der Waals surface area (Å²) in [6, 6.07) is 12.7. The van der Waals surface area contributed by atoms with Crippen LogP contribution in [0.1, 0.15) is 43.0 Å². The molecule has 0 aliphatic carbocycles. The number of rotatable bonds is 7. The largest absolute Gasteiger partial charge is 0.367 e. The maximum atomic E-state index is 15.0. The van der Waals surface area contributed by atoms with Crippen LogP contribution in [0.2, 0.25) is 5.02 Å². The highest BCUT2D eigenvalue weighted by Gasteiger charge is 2.29. The third-order valence-electron chi connectivity index (χ3n) is 7.06. The normalized spacial score (nSPS) is 15.1. The molecule has 0 spiro atoms. The van der Waals surface area contributed by atoms with E-state index in [4.69, 9.17) is 11.6 Å². The minimum absolute atomic E-state index is 0.110. The molecule has 0 radical (unpaired) electrons. The zero-order valence-corrected chi connectivity index (χ0v) is 24.3. The summed E-state index contributed by atoms with van der Waals surface area (Å²) in [7, 11) is -1.29. The molecule has 1 saturated heterocycles.